The van der Waals surface area contributed by atoms with Crippen LogP contribution in [0.15, 0.2) is 34.9 Å². The first-order valence-electron chi connectivity index (χ1n) is 22.3. The molecule has 17 atom stereocenters. The summed E-state index contributed by atoms with van der Waals surface area (Å²) in [5.74, 6) is -5.12. The zero-order chi connectivity index (χ0) is 51.9. The minimum atomic E-state index is -5.55. The number of carboxylic acids is 1. The maximum absolute atomic E-state index is 13.5. The third kappa shape index (κ3) is 18.0. The van der Waals surface area contributed by atoms with Crippen molar-refractivity contribution in [2.75, 3.05) is 26.4 Å². The van der Waals surface area contributed by atoms with E-state index in [1.807, 2.05) is 27.7 Å². The Morgan fingerprint density at radius 2 is 1.39 bits per heavy atom. The Morgan fingerprint density at radius 3 is 1.94 bits per heavy atom. The zero-order valence-electron chi connectivity index (χ0n) is 39.5. The third-order valence-electron chi connectivity index (χ3n) is 11.6. The lowest BCUT2D eigenvalue weighted by atomic mass is 9.78. The lowest BCUT2D eigenvalue weighted by Gasteiger charge is -2.50. The summed E-state index contributed by atoms with van der Waals surface area (Å²) >= 11 is 0. The van der Waals surface area contributed by atoms with E-state index in [1.54, 1.807) is 6.08 Å². The molecule has 3 fully saturated rings. The van der Waals surface area contributed by atoms with Gasteiger partial charge < -0.3 is 92.4 Å². The van der Waals surface area contributed by atoms with Crippen LogP contribution in [-0.2, 0) is 61.2 Å². The first-order valence-corrected chi connectivity index (χ1v) is 23.7. The number of aliphatic carboxylic acids is 1. The van der Waals surface area contributed by atoms with Gasteiger partial charge in [-0.1, -0.05) is 34.9 Å². The summed E-state index contributed by atoms with van der Waals surface area (Å²) in [5, 5.41) is 57.4. The summed E-state index contributed by atoms with van der Waals surface area (Å²) in [6.45, 7) is 7.47. The van der Waals surface area contributed by atoms with E-state index in [-0.39, 0.29) is 13.0 Å². The smallest absolute Gasteiger partial charge is 0.474 e. The van der Waals surface area contributed by atoms with E-state index in [9.17, 15) is 59.0 Å². The molecule has 0 spiro atoms. The number of allylic oxidation sites excluding steroid dienone is 5. The number of amides is 4. The Labute approximate surface area is 399 Å². The number of ether oxygens (including phenoxy) is 6. The molecule has 16 N–H and O–H groups in total. The molecule has 1 saturated carbocycles. The van der Waals surface area contributed by atoms with E-state index in [1.165, 1.54) is 18.1 Å². The van der Waals surface area contributed by atoms with E-state index >= 15 is 0 Å². The first-order chi connectivity index (χ1) is 32.3. The zero-order valence-corrected chi connectivity index (χ0v) is 40.4. The van der Waals surface area contributed by atoms with Crippen LogP contribution >= 0.6 is 7.82 Å². The third-order valence-corrected chi connectivity index (χ3v) is 12.5. The van der Waals surface area contributed by atoms with Crippen LogP contribution in [0.4, 0.5) is 4.79 Å². The number of rotatable bonds is 25. The summed E-state index contributed by atoms with van der Waals surface area (Å²) < 4.78 is 58.1. The Balaban J connectivity index is 1.89. The Bertz CT molecular complexity index is 1890. The molecule has 3 aliphatic rings. The molecule has 69 heavy (non-hydrogen) atoms. The van der Waals surface area contributed by atoms with Gasteiger partial charge in [-0.2, -0.15) is 0 Å². The number of carbonyl (C=O) groups is 5. The fourth-order valence-corrected chi connectivity index (χ4v) is 8.80. The highest BCUT2D eigenvalue weighted by atomic mass is 31.2. The molecule has 0 aromatic rings. The first kappa shape index (κ1) is 59.3. The number of nitrogens with one attached hydrogen (secondary N) is 2. The highest BCUT2D eigenvalue weighted by molar-refractivity contribution is 7.47. The standard InChI is InChI=1S/C42H71N6O20P/c1-19(2)9-7-10-20(3)11-8-12-21(4)13-14-61-27(39(56)57)18-62-69(59,60)68-41-37(35(67-42(46)58)33(54)36(65-41)38(45)55)66-40-31(48-23(6)52)29(44)34(26(17-50)64-40)63-25-15-24(16-49)32(53)28(43)30(25)47-22(5)51/h9,11,13,24-37,40-41,49-50,53-54H,7-8,10,12,14-18,43-44H2,1-6H3,(H2,45,55)(H2,46,58)(H,47,51)(H,48,52)(H,56,57)(H,59,60)/b20-11+,21-13-/t24?,25-,26?,27-,28?,29?,30-,31+,32-,33?,34-,35+,36?,37?,40+,41+/m1/s1. The van der Waals surface area contributed by atoms with Gasteiger partial charge in [0.15, 0.2) is 37.0 Å². The van der Waals surface area contributed by atoms with Crippen molar-refractivity contribution in [1.82, 2.24) is 10.6 Å². The number of hydrogen-bond donors (Lipinski definition) is 12. The van der Waals surface area contributed by atoms with E-state index in [0.717, 1.165) is 31.8 Å². The molecule has 2 saturated heterocycles. The van der Waals surface area contributed by atoms with Gasteiger partial charge in [-0.05, 0) is 59.8 Å². The van der Waals surface area contributed by atoms with Crippen LogP contribution in [0.3, 0.4) is 0 Å². The summed E-state index contributed by atoms with van der Waals surface area (Å²) in [5.41, 5.74) is 27.0. The highest BCUT2D eigenvalue weighted by Crippen LogP contribution is 2.48. The van der Waals surface area contributed by atoms with Crippen molar-refractivity contribution < 1.29 is 96.4 Å². The summed E-state index contributed by atoms with van der Waals surface area (Å²) in [6, 6.07) is -5.19. The number of aliphatic hydroxyl groups is 4. The van der Waals surface area contributed by atoms with Gasteiger partial charge in [-0.25, -0.2) is 14.2 Å². The highest BCUT2D eigenvalue weighted by Gasteiger charge is 2.57. The van der Waals surface area contributed by atoms with Gasteiger partial charge in [-0.3, -0.25) is 23.4 Å². The molecule has 2 heterocycles. The molecule has 3 rings (SSSR count). The molecule has 394 valence electrons. The molecule has 0 aromatic carbocycles. The minimum absolute atomic E-state index is 0.0826. The maximum Gasteiger partial charge on any atom is 0.474 e. The second-order valence-corrected chi connectivity index (χ2v) is 18.9. The number of carboxylic acid groups (broad SMARTS) is 1. The van der Waals surface area contributed by atoms with Crippen molar-refractivity contribution >= 4 is 37.6 Å². The molecular weight excluding hydrogens is 939 g/mol. The number of primary amides is 2. The maximum atomic E-state index is 13.5. The van der Waals surface area contributed by atoms with Crippen LogP contribution in [0.1, 0.15) is 73.6 Å². The van der Waals surface area contributed by atoms with E-state index in [4.69, 9.17) is 60.4 Å². The minimum Gasteiger partial charge on any atom is -0.479 e. The molecule has 27 heteroatoms. The lowest BCUT2D eigenvalue weighted by molar-refractivity contribution is -0.335. The molecule has 4 amide bonds. The van der Waals surface area contributed by atoms with E-state index in [0.29, 0.717) is 6.42 Å². The van der Waals surface area contributed by atoms with Gasteiger partial charge in [0.2, 0.25) is 17.7 Å². The van der Waals surface area contributed by atoms with Crippen LogP contribution in [0.5, 0.6) is 0 Å². The van der Waals surface area contributed by atoms with E-state index < -0.39 is 155 Å². The Morgan fingerprint density at radius 1 is 0.783 bits per heavy atom. The van der Waals surface area contributed by atoms with Gasteiger partial charge in [0.05, 0.1) is 56.2 Å². The van der Waals surface area contributed by atoms with Crippen LogP contribution < -0.4 is 33.6 Å². The molecular formula is C42H71N6O20P. The van der Waals surface area contributed by atoms with Gasteiger partial charge in [-0.15, -0.1) is 0 Å². The van der Waals surface area contributed by atoms with Crippen LogP contribution in [0.25, 0.3) is 0 Å². The number of carbonyl (C=O) groups excluding carboxylic acids is 4. The van der Waals surface area contributed by atoms with Gasteiger partial charge in [0, 0.05) is 26.4 Å². The van der Waals surface area contributed by atoms with Crippen molar-refractivity contribution in [2.24, 2.45) is 28.9 Å². The number of hydrogen-bond acceptors (Lipinski definition) is 20. The van der Waals surface area contributed by atoms with Gasteiger partial charge >= 0.3 is 19.9 Å². The summed E-state index contributed by atoms with van der Waals surface area (Å²) in [7, 11) is -5.55. The summed E-state index contributed by atoms with van der Waals surface area (Å²) in [6.07, 6.45) is -12.6. The van der Waals surface area contributed by atoms with Crippen molar-refractivity contribution in [3.05, 3.63) is 34.9 Å². The number of nitrogens with two attached hydrogens (primary N) is 4. The van der Waals surface area contributed by atoms with Crippen LogP contribution in [0.2, 0.25) is 0 Å². The van der Waals surface area contributed by atoms with Gasteiger partial charge in [0.25, 0.3) is 0 Å². The molecule has 8 unspecified atom stereocenters. The predicted molar refractivity (Wildman–Crippen MR) is 240 cm³/mol. The van der Waals surface area contributed by atoms with Crippen molar-refractivity contribution in [1.29, 1.82) is 0 Å². The number of phosphoric acid groups is 1. The molecule has 0 aromatic heterocycles. The van der Waals surface area contributed by atoms with Crippen LogP contribution in [-0.4, -0.2) is 178 Å². The molecule has 0 radical (unpaired) electrons. The quantitative estimate of drug-likeness (QED) is 0.0345. The summed E-state index contributed by atoms with van der Waals surface area (Å²) in [4.78, 5) is 72.5. The average Bonchev–Trinajstić information content (AvgIpc) is 3.24. The largest absolute Gasteiger partial charge is 0.479 e. The number of aliphatic hydroxyl groups excluding tert-OH is 4. The van der Waals surface area contributed by atoms with E-state index in [2.05, 4.69) is 22.8 Å². The molecule has 0 bridgehead atoms. The fraction of sp³-hybridized carbons (Fsp3) is 0.738. The van der Waals surface area contributed by atoms with Crippen molar-refractivity contribution in [2.45, 2.75) is 165 Å². The second-order valence-electron chi connectivity index (χ2n) is 17.5. The monoisotopic (exact) mass is 1010 g/mol. The average molecular weight is 1010 g/mol. The molecule has 1 aliphatic carbocycles. The fourth-order valence-electron chi connectivity index (χ4n) is 7.99. The predicted octanol–water partition coefficient (Wildman–Crippen LogP) is -2.06. The van der Waals surface area contributed by atoms with Crippen LogP contribution in [0, 0.1) is 5.92 Å². The SMILES string of the molecule is CC(=O)N[C@H]1C(N)[C@H](O[C@@H]2CC(CO)[C@@H](O)C(N)[C@@H]2NC(C)=O)C(CO)O[C@H]1OC1[C@H](OP(=O)(O)OC[C@@H](OC/C=C(/C)CC/C=C(\C)CCC=C(C)C)C(=O)O)OC(C(N)=O)C(O)[C@@H]1OC(N)=O. The Hall–Kier alpha value is -3.96. The van der Waals surface area contributed by atoms with Gasteiger partial charge in [0.1, 0.15) is 18.3 Å². The molecule has 26 nitrogen and oxygen atoms in total. The Kier molecular flexibility index (Phi) is 23.7. The normalized spacial score (nSPS) is 33.3. The molecule has 2 aliphatic heterocycles. The second kappa shape index (κ2) is 27.6. The van der Waals surface area contributed by atoms with Crippen molar-refractivity contribution in [3.63, 3.8) is 0 Å². The number of phosphoric ester groups is 1. The van der Waals surface area contributed by atoms with Crippen molar-refractivity contribution in [3.8, 4) is 0 Å². The topological polar surface area (TPSA) is 426 Å². The lowest BCUT2D eigenvalue weighted by Crippen LogP contribution is -2.72.